The minimum atomic E-state index is 0.577. The fraction of sp³-hybridized carbons (Fsp3) is 0.231. The molecule has 0 unspecified atom stereocenters. The average Bonchev–Trinajstić information content (AvgIpc) is 2.99. The van der Waals surface area contributed by atoms with Gasteiger partial charge in [0.2, 0.25) is 0 Å². The van der Waals surface area contributed by atoms with Crippen molar-refractivity contribution < 1.29 is 0 Å². The van der Waals surface area contributed by atoms with Crippen LogP contribution in [0.25, 0.3) is 11.0 Å². The van der Waals surface area contributed by atoms with E-state index < -0.39 is 0 Å². The van der Waals surface area contributed by atoms with Gasteiger partial charge in [-0.3, -0.25) is 4.98 Å². The largest absolute Gasteiger partial charge is 0.323 e. The van der Waals surface area contributed by atoms with E-state index in [1.165, 1.54) is 4.88 Å². The number of nitrogens with zero attached hydrogens (tertiary/aromatic N) is 3. The monoisotopic (exact) mass is 355 g/mol. The van der Waals surface area contributed by atoms with Gasteiger partial charge in [0.15, 0.2) is 0 Å². The molecular weight excluding hydrogens is 346 g/mol. The summed E-state index contributed by atoms with van der Waals surface area (Å²) >= 11 is 11.0. The van der Waals surface area contributed by atoms with Crippen molar-refractivity contribution in [3.05, 3.63) is 45.1 Å². The average molecular weight is 357 g/mol. The summed E-state index contributed by atoms with van der Waals surface area (Å²) in [4.78, 5) is 10.0. The third-order valence-electron chi connectivity index (χ3n) is 2.90. The van der Waals surface area contributed by atoms with Crippen LogP contribution in [0.4, 0.5) is 0 Å². The minimum absolute atomic E-state index is 0.577. The molecule has 3 aromatic rings. The van der Waals surface area contributed by atoms with Gasteiger partial charge in [0.05, 0.1) is 23.1 Å². The third kappa shape index (κ3) is 2.68. The molecule has 0 amide bonds. The second-order valence-corrected chi connectivity index (χ2v) is 6.42. The molecule has 1 aromatic carbocycles. The van der Waals surface area contributed by atoms with E-state index in [1.807, 2.05) is 23.8 Å². The zero-order valence-corrected chi connectivity index (χ0v) is 13.2. The van der Waals surface area contributed by atoms with Crippen molar-refractivity contribution in [2.45, 2.75) is 13.0 Å². The number of benzene rings is 1. The van der Waals surface area contributed by atoms with Crippen LogP contribution in [0.2, 0.25) is 0 Å². The van der Waals surface area contributed by atoms with Crippen molar-refractivity contribution in [3.8, 4) is 0 Å². The lowest BCUT2D eigenvalue weighted by molar-refractivity contribution is 0.762. The zero-order valence-electron chi connectivity index (χ0n) is 10.0. The number of fused-ring (bicyclic) bond motifs is 1. The molecule has 0 spiro atoms. The van der Waals surface area contributed by atoms with E-state index in [1.54, 1.807) is 11.3 Å². The molecule has 0 aliphatic carbocycles. The molecule has 0 aliphatic heterocycles. The van der Waals surface area contributed by atoms with Crippen molar-refractivity contribution >= 4 is 49.9 Å². The Hall–Kier alpha value is -0.910. The van der Waals surface area contributed by atoms with E-state index in [9.17, 15) is 0 Å². The quantitative estimate of drug-likeness (QED) is 0.659. The number of aryl methyl sites for hydroxylation is 1. The first kappa shape index (κ1) is 13.1. The maximum atomic E-state index is 5.88. The van der Waals surface area contributed by atoms with Crippen LogP contribution in [0, 0.1) is 0 Å². The van der Waals surface area contributed by atoms with E-state index in [4.69, 9.17) is 11.6 Å². The number of thiazole rings is 1. The Bertz CT molecular complexity index is 693. The molecule has 0 saturated carbocycles. The van der Waals surface area contributed by atoms with Gasteiger partial charge in [-0.15, -0.1) is 22.9 Å². The maximum absolute atomic E-state index is 5.88. The first-order chi connectivity index (χ1) is 9.28. The first-order valence-corrected chi connectivity index (χ1v) is 8.06. The Balaban J connectivity index is 2.10. The van der Waals surface area contributed by atoms with Crippen LogP contribution in [0.1, 0.15) is 10.7 Å². The van der Waals surface area contributed by atoms with Crippen molar-refractivity contribution in [1.29, 1.82) is 0 Å². The number of alkyl halides is 1. The van der Waals surface area contributed by atoms with Crippen LogP contribution in [0.3, 0.4) is 0 Å². The molecule has 0 atom stereocenters. The molecule has 0 aliphatic rings. The summed E-state index contributed by atoms with van der Waals surface area (Å²) in [5.41, 5.74) is 3.99. The number of imidazole rings is 1. The van der Waals surface area contributed by atoms with E-state index in [0.717, 1.165) is 34.3 Å². The number of halogens is 2. The molecule has 3 nitrogen and oxygen atoms in total. The summed E-state index contributed by atoms with van der Waals surface area (Å²) in [6.45, 7) is 0.801. The van der Waals surface area contributed by atoms with Gasteiger partial charge >= 0.3 is 0 Å². The fourth-order valence-corrected chi connectivity index (χ4v) is 3.18. The summed E-state index contributed by atoms with van der Waals surface area (Å²) in [7, 11) is 0. The predicted molar refractivity (Wildman–Crippen MR) is 83.1 cm³/mol. The number of rotatable bonds is 4. The Morgan fingerprint density at radius 3 is 3.00 bits per heavy atom. The second kappa shape index (κ2) is 5.61. The molecule has 2 aromatic heterocycles. The highest BCUT2D eigenvalue weighted by Gasteiger charge is 2.11. The zero-order chi connectivity index (χ0) is 13.2. The number of hydrogen-bond donors (Lipinski definition) is 0. The van der Waals surface area contributed by atoms with Gasteiger partial charge in [-0.05, 0) is 18.2 Å². The minimum Gasteiger partial charge on any atom is -0.323 e. The molecule has 0 bridgehead atoms. The SMILES string of the molecule is ClCCc1nc2cc(Br)ccc2n1Cc1cncs1. The fourth-order valence-electron chi connectivity index (χ4n) is 2.08. The molecule has 2 heterocycles. The van der Waals surface area contributed by atoms with E-state index in [2.05, 4.69) is 36.5 Å². The van der Waals surface area contributed by atoms with Crippen molar-refractivity contribution in [1.82, 2.24) is 14.5 Å². The van der Waals surface area contributed by atoms with E-state index >= 15 is 0 Å². The topological polar surface area (TPSA) is 30.7 Å². The lowest BCUT2D eigenvalue weighted by Crippen LogP contribution is -2.04. The number of aromatic nitrogens is 3. The predicted octanol–water partition coefficient (Wildman–Crippen LogP) is 4.08. The Morgan fingerprint density at radius 2 is 2.26 bits per heavy atom. The van der Waals surface area contributed by atoms with Crippen molar-refractivity contribution in [2.24, 2.45) is 0 Å². The summed E-state index contributed by atoms with van der Waals surface area (Å²) in [5.74, 6) is 1.60. The van der Waals surface area contributed by atoms with Crippen LogP contribution in [-0.2, 0) is 13.0 Å². The second-order valence-electron chi connectivity index (χ2n) is 4.15. The molecule has 0 N–H and O–H groups in total. The molecule has 98 valence electrons. The van der Waals surface area contributed by atoms with Gasteiger partial charge in [0.25, 0.3) is 0 Å². The Morgan fingerprint density at radius 1 is 1.37 bits per heavy atom. The van der Waals surface area contributed by atoms with E-state index in [-0.39, 0.29) is 0 Å². The third-order valence-corrected chi connectivity index (χ3v) is 4.35. The molecule has 0 fully saturated rings. The van der Waals surface area contributed by atoms with Gasteiger partial charge < -0.3 is 4.57 Å². The van der Waals surface area contributed by atoms with Crippen molar-refractivity contribution in [3.63, 3.8) is 0 Å². The van der Waals surface area contributed by atoms with Gasteiger partial charge in [-0.1, -0.05) is 15.9 Å². The highest BCUT2D eigenvalue weighted by molar-refractivity contribution is 9.10. The lowest BCUT2D eigenvalue weighted by Gasteiger charge is -2.06. The summed E-state index contributed by atoms with van der Waals surface area (Å²) in [6.07, 6.45) is 2.67. The Labute approximate surface area is 128 Å². The highest BCUT2D eigenvalue weighted by atomic mass is 79.9. The van der Waals surface area contributed by atoms with Crippen LogP contribution < -0.4 is 0 Å². The van der Waals surface area contributed by atoms with E-state index in [0.29, 0.717) is 5.88 Å². The van der Waals surface area contributed by atoms with Crippen LogP contribution in [-0.4, -0.2) is 20.4 Å². The van der Waals surface area contributed by atoms with Gasteiger partial charge in [0.1, 0.15) is 5.82 Å². The van der Waals surface area contributed by atoms with Gasteiger partial charge in [0, 0.05) is 27.8 Å². The Kier molecular flexibility index (Phi) is 3.86. The van der Waals surface area contributed by atoms with Gasteiger partial charge in [-0.25, -0.2) is 4.98 Å². The van der Waals surface area contributed by atoms with Crippen LogP contribution >= 0.6 is 38.9 Å². The highest BCUT2D eigenvalue weighted by Crippen LogP contribution is 2.23. The smallest absolute Gasteiger partial charge is 0.111 e. The molecular formula is C13H11BrClN3S. The van der Waals surface area contributed by atoms with Crippen molar-refractivity contribution in [2.75, 3.05) is 5.88 Å². The molecule has 3 rings (SSSR count). The van der Waals surface area contributed by atoms with Gasteiger partial charge in [-0.2, -0.15) is 0 Å². The normalized spacial score (nSPS) is 11.3. The number of hydrogen-bond acceptors (Lipinski definition) is 3. The van der Waals surface area contributed by atoms with Crippen LogP contribution in [0.15, 0.2) is 34.4 Å². The standard InChI is InChI=1S/C13H11BrClN3S/c14-9-1-2-12-11(5-9)17-13(3-4-15)18(12)7-10-6-16-8-19-10/h1-2,5-6,8H,3-4,7H2. The summed E-state index contributed by atoms with van der Waals surface area (Å²) in [6, 6.07) is 6.17. The lowest BCUT2D eigenvalue weighted by atomic mass is 10.3. The first-order valence-electron chi connectivity index (χ1n) is 5.86. The summed E-state index contributed by atoms with van der Waals surface area (Å²) < 4.78 is 3.26. The molecule has 0 radical (unpaired) electrons. The summed E-state index contributed by atoms with van der Waals surface area (Å²) in [5, 5.41) is 0. The molecule has 19 heavy (non-hydrogen) atoms. The maximum Gasteiger partial charge on any atom is 0.111 e. The van der Waals surface area contributed by atoms with Crippen LogP contribution in [0.5, 0.6) is 0 Å². The molecule has 6 heteroatoms. The molecule has 0 saturated heterocycles.